The van der Waals surface area contributed by atoms with E-state index in [0.717, 1.165) is 11.1 Å². The van der Waals surface area contributed by atoms with E-state index < -0.39 is 0 Å². The molecule has 2 rings (SSSR count). The second-order valence-electron chi connectivity index (χ2n) is 3.06. The van der Waals surface area contributed by atoms with Gasteiger partial charge in [-0.05, 0) is 12.5 Å². The average Bonchev–Trinajstić information content (AvgIpc) is 2.47. The summed E-state index contributed by atoms with van der Waals surface area (Å²) in [4.78, 5) is 11.5. The normalized spacial score (nSPS) is 21.8. The molecule has 1 aromatic rings. The van der Waals surface area contributed by atoms with Crippen LogP contribution in [-0.2, 0) is 4.79 Å². The van der Waals surface area contributed by atoms with Crippen molar-refractivity contribution in [2.45, 2.75) is 12.2 Å². The van der Waals surface area contributed by atoms with Gasteiger partial charge in [-0.25, -0.2) is 0 Å². The van der Waals surface area contributed by atoms with Gasteiger partial charge in [0.25, 0.3) is 0 Å². The van der Waals surface area contributed by atoms with Crippen LogP contribution in [0.15, 0.2) is 36.4 Å². The van der Waals surface area contributed by atoms with E-state index in [1.807, 2.05) is 43.3 Å². The second kappa shape index (κ2) is 3.38. The molecule has 1 nitrogen and oxygen atoms in total. The predicted molar refractivity (Wildman–Crippen MR) is 56.5 cm³/mol. The van der Waals surface area contributed by atoms with Crippen molar-refractivity contribution in [2.75, 3.05) is 0 Å². The van der Waals surface area contributed by atoms with Gasteiger partial charge in [-0.2, -0.15) is 0 Å². The lowest BCUT2D eigenvalue weighted by atomic mass is 10.1. The Morgan fingerprint density at radius 1 is 1.23 bits per heavy atom. The van der Waals surface area contributed by atoms with Crippen molar-refractivity contribution in [1.82, 2.24) is 0 Å². The lowest BCUT2D eigenvalue weighted by molar-refractivity contribution is -0.106. The zero-order valence-electron chi connectivity index (χ0n) is 7.36. The molecular formula is C11H10OS. The molecule has 1 aliphatic rings. The molecule has 0 amide bonds. The maximum atomic E-state index is 11.5. The van der Waals surface area contributed by atoms with Crippen LogP contribution in [-0.4, -0.2) is 10.4 Å². The molecule has 0 saturated heterocycles. The fourth-order valence-corrected chi connectivity index (χ4v) is 2.26. The van der Waals surface area contributed by atoms with Gasteiger partial charge in [0.2, 0.25) is 5.12 Å². The number of carbonyl (C=O) groups excluding carboxylic acids is 1. The van der Waals surface area contributed by atoms with Gasteiger partial charge in [-0.15, -0.1) is 0 Å². The largest absolute Gasteiger partial charge is 0.282 e. The fourth-order valence-electron chi connectivity index (χ4n) is 1.40. The summed E-state index contributed by atoms with van der Waals surface area (Å²) in [7, 11) is 0. The highest BCUT2D eigenvalue weighted by Gasteiger charge is 2.22. The number of carbonyl (C=O) groups is 1. The molecule has 66 valence electrons. The molecule has 0 aromatic heterocycles. The van der Waals surface area contributed by atoms with Crippen LogP contribution in [0, 0.1) is 0 Å². The molecule has 0 spiro atoms. The first kappa shape index (κ1) is 8.57. The number of hydrogen-bond donors (Lipinski definition) is 0. The van der Waals surface area contributed by atoms with Gasteiger partial charge in [0, 0.05) is 10.8 Å². The minimum absolute atomic E-state index is 0.193. The standard InChI is InChI=1S/C11H10OS/c1-8-7-10(11(12)13-8)9-5-3-2-4-6-9/h2-8H,1H3. The minimum atomic E-state index is 0.193. The smallest absolute Gasteiger partial charge is 0.220 e. The Hall–Kier alpha value is -1.02. The molecular weight excluding hydrogens is 180 g/mol. The lowest BCUT2D eigenvalue weighted by Crippen LogP contribution is -1.90. The quantitative estimate of drug-likeness (QED) is 0.677. The third-order valence-corrected chi connectivity index (χ3v) is 2.94. The molecule has 1 atom stereocenters. The van der Waals surface area contributed by atoms with E-state index in [-0.39, 0.29) is 5.12 Å². The molecule has 0 saturated carbocycles. The maximum Gasteiger partial charge on any atom is 0.220 e. The van der Waals surface area contributed by atoms with Crippen LogP contribution in [0.1, 0.15) is 12.5 Å². The van der Waals surface area contributed by atoms with Gasteiger partial charge in [-0.3, -0.25) is 4.79 Å². The highest BCUT2D eigenvalue weighted by atomic mass is 32.2. The van der Waals surface area contributed by atoms with Crippen molar-refractivity contribution in [3.63, 3.8) is 0 Å². The van der Waals surface area contributed by atoms with Gasteiger partial charge in [-0.1, -0.05) is 48.2 Å². The molecule has 0 fully saturated rings. The Balaban J connectivity index is 2.37. The maximum absolute atomic E-state index is 11.5. The van der Waals surface area contributed by atoms with Gasteiger partial charge in [0.15, 0.2) is 0 Å². The topological polar surface area (TPSA) is 17.1 Å². The number of benzene rings is 1. The van der Waals surface area contributed by atoms with E-state index in [9.17, 15) is 4.79 Å². The van der Waals surface area contributed by atoms with Crippen molar-refractivity contribution >= 4 is 22.5 Å². The van der Waals surface area contributed by atoms with Crippen LogP contribution in [0.25, 0.3) is 5.57 Å². The van der Waals surface area contributed by atoms with Crippen LogP contribution in [0.5, 0.6) is 0 Å². The molecule has 1 heterocycles. The van der Waals surface area contributed by atoms with Crippen molar-refractivity contribution in [2.24, 2.45) is 0 Å². The Morgan fingerprint density at radius 3 is 2.46 bits per heavy atom. The van der Waals surface area contributed by atoms with Crippen LogP contribution in [0.3, 0.4) is 0 Å². The third-order valence-electron chi connectivity index (χ3n) is 2.00. The van der Waals surface area contributed by atoms with E-state index in [0.29, 0.717) is 5.25 Å². The van der Waals surface area contributed by atoms with E-state index >= 15 is 0 Å². The van der Waals surface area contributed by atoms with E-state index in [4.69, 9.17) is 0 Å². The number of hydrogen-bond acceptors (Lipinski definition) is 2. The first-order valence-corrected chi connectivity index (χ1v) is 5.13. The summed E-state index contributed by atoms with van der Waals surface area (Å²) in [6, 6.07) is 9.82. The van der Waals surface area contributed by atoms with Gasteiger partial charge < -0.3 is 0 Å². The zero-order chi connectivity index (χ0) is 9.26. The van der Waals surface area contributed by atoms with E-state index in [1.165, 1.54) is 11.8 Å². The van der Waals surface area contributed by atoms with Gasteiger partial charge >= 0.3 is 0 Å². The first-order valence-electron chi connectivity index (χ1n) is 4.25. The van der Waals surface area contributed by atoms with Gasteiger partial charge in [0.05, 0.1) is 0 Å². The van der Waals surface area contributed by atoms with Crippen molar-refractivity contribution in [3.05, 3.63) is 42.0 Å². The summed E-state index contributed by atoms with van der Waals surface area (Å²) in [5.74, 6) is 0. The summed E-state index contributed by atoms with van der Waals surface area (Å²) >= 11 is 1.39. The monoisotopic (exact) mass is 190 g/mol. The van der Waals surface area contributed by atoms with Gasteiger partial charge in [0.1, 0.15) is 0 Å². The SMILES string of the molecule is CC1C=C(c2ccccc2)C(=O)S1. The highest BCUT2D eigenvalue weighted by Crippen LogP contribution is 2.32. The summed E-state index contributed by atoms with van der Waals surface area (Å²) in [6.45, 7) is 2.04. The first-order chi connectivity index (χ1) is 6.27. The molecule has 13 heavy (non-hydrogen) atoms. The Labute approximate surface area is 81.8 Å². The Bertz CT molecular complexity index is 354. The molecule has 1 aromatic carbocycles. The predicted octanol–water partition coefficient (Wildman–Crippen LogP) is 2.73. The fraction of sp³-hybridized carbons (Fsp3) is 0.182. The molecule has 2 heteroatoms. The molecule has 1 aliphatic heterocycles. The van der Waals surface area contributed by atoms with Crippen LogP contribution >= 0.6 is 11.8 Å². The zero-order valence-corrected chi connectivity index (χ0v) is 8.17. The average molecular weight is 190 g/mol. The second-order valence-corrected chi connectivity index (χ2v) is 4.41. The molecule has 0 bridgehead atoms. The van der Waals surface area contributed by atoms with Crippen LogP contribution in [0.4, 0.5) is 0 Å². The van der Waals surface area contributed by atoms with Crippen molar-refractivity contribution < 1.29 is 4.79 Å². The summed E-state index contributed by atoms with van der Waals surface area (Å²) in [5, 5.41) is 0.515. The Kier molecular flexibility index (Phi) is 2.23. The summed E-state index contributed by atoms with van der Waals surface area (Å²) < 4.78 is 0. The van der Waals surface area contributed by atoms with Crippen molar-refractivity contribution in [1.29, 1.82) is 0 Å². The van der Waals surface area contributed by atoms with E-state index in [2.05, 4.69) is 0 Å². The highest BCUT2D eigenvalue weighted by molar-refractivity contribution is 8.15. The van der Waals surface area contributed by atoms with E-state index in [1.54, 1.807) is 0 Å². The number of rotatable bonds is 1. The van der Waals surface area contributed by atoms with Crippen LogP contribution in [0.2, 0.25) is 0 Å². The molecule has 0 radical (unpaired) electrons. The number of thioether (sulfide) groups is 1. The van der Waals surface area contributed by atoms with Crippen molar-refractivity contribution in [3.8, 4) is 0 Å². The Morgan fingerprint density at radius 2 is 1.92 bits per heavy atom. The van der Waals surface area contributed by atoms with Crippen LogP contribution < -0.4 is 0 Å². The minimum Gasteiger partial charge on any atom is -0.282 e. The molecule has 0 N–H and O–H groups in total. The third kappa shape index (κ3) is 1.68. The summed E-state index contributed by atoms with van der Waals surface area (Å²) in [6.07, 6.45) is 2.03. The summed E-state index contributed by atoms with van der Waals surface area (Å²) in [5.41, 5.74) is 1.89. The molecule has 0 aliphatic carbocycles. The molecule has 1 unspecified atom stereocenters. The lowest BCUT2D eigenvalue weighted by Gasteiger charge is -1.97.